The van der Waals surface area contributed by atoms with Crippen molar-refractivity contribution in [1.29, 1.82) is 0 Å². The standard InChI is InChI=1S/C20H18F2N2O3S/c21-13-4-6-14(7-5-13)26-12-18(25)24-10-8-15(9-11-24)27-20-23-19-16(22)2-1-3-17(19)28-20/h1-7,15H,8-12H2. The zero-order valence-corrected chi connectivity index (χ0v) is 15.8. The molecule has 0 bridgehead atoms. The Morgan fingerprint density at radius 1 is 1.14 bits per heavy atom. The number of halogens is 2. The lowest BCUT2D eigenvalue weighted by molar-refractivity contribution is -0.135. The lowest BCUT2D eigenvalue weighted by Crippen LogP contribution is -2.43. The Bertz CT molecular complexity index is 969. The topological polar surface area (TPSA) is 51.7 Å². The fourth-order valence-electron chi connectivity index (χ4n) is 3.08. The molecule has 0 spiro atoms. The van der Waals surface area contributed by atoms with Gasteiger partial charge in [0.25, 0.3) is 11.1 Å². The highest BCUT2D eigenvalue weighted by molar-refractivity contribution is 7.20. The van der Waals surface area contributed by atoms with E-state index >= 15 is 0 Å². The van der Waals surface area contributed by atoms with Crippen molar-refractivity contribution >= 4 is 27.5 Å². The molecule has 2 aromatic carbocycles. The molecule has 2 heterocycles. The van der Waals surface area contributed by atoms with Crippen molar-refractivity contribution in [3.63, 3.8) is 0 Å². The molecule has 0 aliphatic carbocycles. The number of hydrogen-bond acceptors (Lipinski definition) is 5. The molecule has 8 heteroatoms. The molecule has 28 heavy (non-hydrogen) atoms. The quantitative estimate of drug-likeness (QED) is 0.645. The number of hydrogen-bond donors (Lipinski definition) is 0. The number of para-hydroxylation sites is 1. The molecule has 0 N–H and O–H groups in total. The van der Waals surface area contributed by atoms with Gasteiger partial charge in [0.1, 0.15) is 29.0 Å². The third-order valence-electron chi connectivity index (χ3n) is 4.59. The summed E-state index contributed by atoms with van der Waals surface area (Å²) in [6.07, 6.45) is 1.27. The van der Waals surface area contributed by atoms with Crippen LogP contribution in [0.3, 0.4) is 0 Å². The summed E-state index contributed by atoms with van der Waals surface area (Å²) >= 11 is 1.32. The van der Waals surface area contributed by atoms with Crippen molar-refractivity contribution in [3.05, 3.63) is 54.1 Å². The summed E-state index contributed by atoms with van der Waals surface area (Å²) in [5.41, 5.74) is 0.327. The van der Waals surface area contributed by atoms with Crippen LogP contribution >= 0.6 is 11.3 Å². The van der Waals surface area contributed by atoms with Crippen LogP contribution < -0.4 is 9.47 Å². The van der Waals surface area contributed by atoms with E-state index in [0.29, 0.717) is 42.4 Å². The molecule has 5 nitrogen and oxygen atoms in total. The molecule has 0 radical (unpaired) electrons. The first kappa shape index (κ1) is 18.6. The number of ether oxygens (including phenoxy) is 2. The second-order valence-corrected chi connectivity index (χ2v) is 7.50. The average Bonchev–Trinajstić information content (AvgIpc) is 3.12. The van der Waals surface area contributed by atoms with Crippen LogP contribution in [0.1, 0.15) is 12.8 Å². The number of fused-ring (bicyclic) bond motifs is 1. The highest BCUT2D eigenvalue weighted by atomic mass is 32.1. The Kier molecular flexibility index (Phi) is 5.38. The van der Waals surface area contributed by atoms with Gasteiger partial charge in [-0.1, -0.05) is 17.4 Å². The number of carbonyl (C=O) groups is 1. The van der Waals surface area contributed by atoms with Crippen LogP contribution in [0, 0.1) is 11.6 Å². The van der Waals surface area contributed by atoms with Crippen molar-refractivity contribution in [2.45, 2.75) is 18.9 Å². The fourth-order valence-corrected chi connectivity index (χ4v) is 3.97. The number of carbonyl (C=O) groups excluding carboxylic acids is 1. The van der Waals surface area contributed by atoms with E-state index in [0.717, 1.165) is 4.70 Å². The largest absolute Gasteiger partial charge is 0.484 e. The fraction of sp³-hybridized carbons (Fsp3) is 0.300. The van der Waals surface area contributed by atoms with E-state index in [1.54, 1.807) is 11.0 Å². The minimum Gasteiger partial charge on any atom is -0.484 e. The van der Waals surface area contributed by atoms with E-state index < -0.39 is 0 Å². The predicted octanol–water partition coefficient (Wildman–Crippen LogP) is 4.02. The van der Waals surface area contributed by atoms with Crippen molar-refractivity contribution < 1.29 is 23.0 Å². The molecule has 1 aliphatic heterocycles. The maximum absolute atomic E-state index is 13.7. The minimum atomic E-state index is -0.356. The second-order valence-electron chi connectivity index (χ2n) is 6.51. The summed E-state index contributed by atoms with van der Waals surface area (Å²) < 4.78 is 38.7. The normalized spacial score (nSPS) is 15.0. The SMILES string of the molecule is O=C(COc1ccc(F)cc1)N1CCC(Oc2nc3c(F)cccc3s2)CC1. The van der Waals surface area contributed by atoms with E-state index in [1.165, 1.54) is 41.7 Å². The van der Waals surface area contributed by atoms with E-state index in [2.05, 4.69) is 4.98 Å². The molecule has 146 valence electrons. The molecule has 1 amide bonds. The van der Waals surface area contributed by atoms with E-state index in [9.17, 15) is 13.6 Å². The molecule has 0 atom stereocenters. The van der Waals surface area contributed by atoms with E-state index in [1.807, 2.05) is 6.07 Å². The second kappa shape index (κ2) is 8.10. The summed E-state index contributed by atoms with van der Waals surface area (Å²) in [4.78, 5) is 18.2. The van der Waals surface area contributed by atoms with Crippen LogP contribution in [0.25, 0.3) is 10.2 Å². The molecular formula is C20H18F2N2O3S. The number of aromatic nitrogens is 1. The number of rotatable bonds is 5. The van der Waals surface area contributed by atoms with Gasteiger partial charge >= 0.3 is 0 Å². The Morgan fingerprint density at radius 2 is 1.89 bits per heavy atom. The smallest absolute Gasteiger partial charge is 0.274 e. The third kappa shape index (κ3) is 4.22. The Hall–Kier alpha value is -2.74. The first-order valence-electron chi connectivity index (χ1n) is 8.96. The molecule has 1 aliphatic rings. The molecular weight excluding hydrogens is 386 g/mol. The van der Waals surface area contributed by atoms with Crippen LogP contribution in [0.4, 0.5) is 8.78 Å². The molecule has 1 aromatic heterocycles. The van der Waals surface area contributed by atoms with Gasteiger partial charge in [-0.3, -0.25) is 4.79 Å². The van der Waals surface area contributed by atoms with Crippen molar-refractivity contribution in [1.82, 2.24) is 9.88 Å². The minimum absolute atomic E-state index is 0.0642. The number of benzene rings is 2. The Balaban J connectivity index is 1.27. The van der Waals surface area contributed by atoms with E-state index in [-0.39, 0.29) is 30.3 Å². The average molecular weight is 404 g/mol. The van der Waals surface area contributed by atoms with Crippen molar-refractivity contribution in [2.24, 2.45) is 0 Å². The molecule has 4 rings (SSSR count). The zero-order chi connectivity index (χ0) is 19.5. The first-order valence-corrected chi connectivity index (χ1v) is 9.78. The molecule has 0 unspecified atom stereocenters. The van der Waals surface area contributed by atoms with Gasteiger partial charge in [-0.05, 0) is 36.4 Å². The molecule has 1 saturated heterocycles. The predicted molar refractivity (Wildman–Crippen MR) is 102 cm³/mol. The van der Waals surface area contributed by atoms with Gasteiger partial charge in [0.15, 0.2) is 6.61 Å². The summed E-state index contributed by atoms with van der Waals surface area (Å²) in [7, 11) is 0. The van der Waals surface area contributed by atoms with Gasteiger partial charge < -0.3 is 14.4 Å². The van der Waals surface area contributed by atoms with Crippen LogP contribution in [0.2, 0.25) is 0 Å². The van der Waals surface area contributed by atoms with E-state index in [4.69, 9.17) is 9.47 Å². The number of nitrogens with zero attached hydrogens (tertiary/aromatic N) is 2. The van der Waals surface area contributed by atoms with Crippen LogP contribution in [0.5, 0.6) is 10.9 Å². The van der Waals surface area contributed by atoms with Crippen molar-refractivity contribution in [3.8, 4) is 10.9 Å². The summed E-state index contributed by atoms with van der Waals surface area (Å²) in [6, 6.07) is 10.4. The van der Waals surface area contributed by atoms with Crippen LogP contribution in [0.15, 0.2) is 42.5 Å². The number of amides is 1. The van der Waals surface area contributed by atoms with Crippen LogP contribution in [-0.2, 0) is 4.79 Å². The highest BCUT2D eigenvalue weighted by Crippen LogP contribution is 2.31. The monoisotopic (exact) mass is 404 g/mol. The lowest BCUT2D eigenvalue weighted by Gasteiger charge is -2.31. The summed E-state index contributed by atoms with van der Waals surface area (Å²) in [6.45, 7) is 1.01. The Morgan fingerprint density at radius 3 is 2.61 bits per heavy atom. The maximum Gasteiger partial charge on any atom is 0.274 e. The van der Waals surface area contributed by atoms with Gasteiger partial charge in [0.2, 0.25) is 0 Å². The lowest BCUT2D eigenvalue weighted by atomic mass is 10.1. The van der Waals surface area contributed by atoms with Gasteiger partial charge in [0.05, 0.1) is 4.70 Å². The number of likely N-dealkylation sites (tertiary alicyclic amines) is 1. The molecule has 3 aromatic rings. The summed E-state index contributed by atoms with van der Waals surface area (Å²) in [5.74, 6) is -0.373. The molecule has 0 saturated carbocycles. The third-order valence-corrected chi connectivity index (χ3v) is 5.50. The number of thiazole rings is 1. The van der Waals surface area contributed by atoms with Gasteiger partial charge in [-0.2, -0.15) is 4.98 Å². The van der Waals surface area contributed by atoms with Gasteiger partial charge in [0, 0.05) is 25.9 Å². The Labute approximate surface area is 164 Å². The highest BCUT2D eigenvalue weighted by Gasteiger charge is 2.25. The maximum atomic E-state index is 13.7. The van der Waals surface area contributed by atoms with Crippen LogP contribution in [-0.4, -0.2) is 41.6 Å². The first-order chi connectivity index (χ1) is 13.6. The number of piperidine rings is 1. The van der Waals surface area contributed by atoms with Crippen molar-refractivity contribution in [2.75, 3.05) is 19.7 Å². The summed E-state index contributed by atoms with van der Waals surface area (Å²) in [5, 5.41) is 0.449. The molecule has 1 fully saturated rings. The van der Waals surface area contributed by atoms with Gasteiger partial charge in [-0.15, -0.1) is 0 Å². The van der Waals surface area contributed by atoms with Gasteiger partial charge in [-0.25, -0.2) is 8.78 Å². The zero-order valence-electron chi connectivity index (χ0n) is 14.9.